The number of nitro benzene ring substituents is 1. The topological polar surface area (TPSA) is 84.4 Å². The van der Waals surface area contributed by atoms with Crippen LogP contribution in [0.4, 0.5) is 18.9 Å². The molecular formula is C14H15F3N4O3. The molecule has 0 atom stereocenters. The van der Waals surface area contributed by atoms with Crippen molar-refractivity contribution in [3.63, 3.8) is 0 Å². The van der Waals surface area contributed by atoms with Crippen molar-refractivity contribution in [1.82, 2.24) is 14.7 Å². The van der Waals surface area contributed by atoms with Crippen LogP contribution in [0.1, 0.15) is 16.8 Å². The zero-order valence-corrected chi connectivity index (χ0v) is 12.9. The second kappa shape index (κ2) is 6.48. The number of aromatic hydroxyl groups is 1. The molecule has 1 N–H and O–H groups in total. The quantitative estimate of drug-likeness (QED) is 0.666. The van der Waals surface area contributed by atoms with Crippen molar-refractivity contribution in [3.05, 3.63) is 51.3 Å². The molecular weight excluding hydrogens is 329 g/mol. The van der Waals surface area contributed by atoms with E-state index in [4.69, 9.17) is 0 Å². The number of aryl methyl sites for hydroxylation is 1. The molecule has 10 heteroatoms. The lowest BCUT2D eigenvalue weighted by Crippen LogP contribution is -2.19. The number of nitrogens with zero attached hydrogens (tertiary/aromatic N) is 4. The first-order valence-electron chi connectivity index (χ1n) is 6.82. The van der Waals surface area contributed by atoms with Gasteiger partial charge in [-0.15, -0.1) is 0 Å². The summed E-state index contributed by atoms with van der Waals surface area (Å²) in [4.78, 5) is 11.7. The Labute approximate surface area is 135 Å². The molecule has 1 heterocycles. The summed E-state index contributed by atoms with van der Waals surface area (Å²) < 4.78 is 39.9. The van der Waals surface area contributed by atoms with Gasteiger partial charge < -0.3 is 5.11 Å². The second-order valence-electron chi connectivity index (χ2n) is 5.43. The van der Waals surface area contributed by atoms with Crippen molar-refractivity contribution in [2.45, 2.75) is 19.3 Å². The molecule has 0 unspecified atom stereocenters. The van der Waals surface area contributed by atoms with E-state index in [1.54, 1.807) is 11.9 Å². The molecule has 0 bridgehead atoms. The van der Waals surface area contributed by atoms with Crippen LogP contribution in [0.2, 0.25) is 0 Å². The van der Waals surface area contributed by atoms with E-state index in [9.17, 15) is 28.4 Å². The van der Waals surface area contributed by atoms with Crippen LogP contribution >= 0.6 is 0 Å². The minimum Gasteiger partial charge on any atom is -0.502 e. The van der Waals surface area contributed by atoms with Gasteiger partial charge >= 0.3 is 11.9 Å². The summed E-state index contributed by atoms with van der Waals surface area (Å²) in [6.07, 6.45) is -3.26. The highest BCUT2D eigenvalue weighted by atomic mass is 19.4. The van der Waals surface area contributed by atoms with E-state index in [-0.39, 0.29) is 18.7 Å². The number of nitro groups is 1. The Morgan fingerprint density at radius 3 is 2.62 bits per heavy atom. The third-order valence-electron chi connectivity index (χ3n) is 3.30. The fourth-order valence-corrected chi connectivity index (χ4v) is 2.36. The van der Waals surface area contributed by atoms with Crippen molar-refractivity contribution in [3.8, 4) is 5.75 Å². The highest BCUT2D eigenvalue weighted by Gasteiger charge is 2.37. The smallest absolute Gasteiger partial charge is 0.435 e. The number of alkyl halides is 3. The summed E-state index contributed by atoms with van der Waals surface area (Å²) in [6.45, 7) is 0.144. The van der Waals surface area contributed by atoms with E-state index in [1.807, 2.05) is 0 Å². The number of halogens is 3. The van der Waals surface area contributed by atoms with Crippen LogP contribution in [-0.4, -0.2) is 31.8 Å². The van der Waals surface area contributed by atoms with Gasteiger partial charge in [-0.25, -0.2) is 0 Å². The van der Waals surface area contributed by atoms with Crippen molar-refractivity contribution in [1.29, 1.82) is 0 Å². The van der Waals surface area contributed by atoms with Gasteiger partial charge in [0.15, 0.2) is 11.4 Å². The van der Waals surface area contributed by atoms with E-state index in [1.165, 1.54) is 31.4 Å². The molecule has 1 aromatic heterocycles. The Kier molecular flexibility index (Phi) is 4.78. The van der Waals surface area contributed by atoms with Gasteiger partial charge in [0, 0.05) is 38.0 Å². The molecule has 0 amide bonds. The summed E-state index contributed by atoms with van der Waals surface area (Å²) in [7, 11) is 2.99. The SMILES string of the molecule is CN(Cc1ccc(O)c([N+](=O)[O-])c1)Cc1cn(C)nc1C(F)(F)F. The molecule has 1 aromatic carbocycles. The maximum absolute atomic E-state index is 12.9. The monoisotopic (exact) mass is 344 g/mol. The van der Waals surface area contributed by atoms with Gasteiger partial charge in [-0.05, 0) is 18.7 Å². The molecule has 130 valence electrons. The number of hydrogen-bond donors (Lipinski definition) is 1. The number of phenols is 1. The first-order chi connectivity index (χ1) is 11.1. The summed E-state index contributed by atoms with van der Waals surface area (Å²) in [5.74, 6) is -0.460. The molecule has 0 aliphatic carbocycles. The van der Waals surface area contributed by atoms with Crippen LogP contribution in [-0.2, 0) is 26.3 Å². The predicted molar refractivity (Wildman–Crippen MR) is 78.1 cm³/mol. The molecule has 0 radical (unpaired) electrons. The molecule has 0 aliphatic rings. The number of benzene rings is 1. The van der Waals surface area contributed by atoms with E-state index in [0.29, 0.717) is 5.56 Å². The third-order valence-corrected chi connectivity index (χ3v) is 3.30. The molecule has 0 saturated heterocycles. The summed E-state index contributed by atoms with van der Waals surface area (Å²) in [5, 5.41) is 23.7. The van der Waals surface area contributed by atoms with Gasteiger partial charge in [0.1, 0.15) is 0 Å². The standard InChI is InChI=1S/C14H15F3N4O3/c1-19(6-9-3-4-12(22)11(5-9)21(23)24)7-10-8-20(2)18-13(10)14(15,16)17/h3-5,8,22H,6-7H2,1-2H3. The van der Waals surface area contributed by atoms with Crippen LogP contribution in [0.3, 0.4) is 0 Å². The Bertz CT molecular complexity index is 758. The van der Waals surface area contributed by atoms with E-state index in [0.717, 1.165) is 4.68 Å². The molecule has 24 heavy (non-hydrogen) atoms. The fraction of sp³-hybridized carbons (Fsp3) is 0.357. The third kappa shape index (κ3) is 4.02. The number of phenolic OH excluding ortho intramolecular Hbond substituents is 1. The van der Waals surface area contributed by atoms with Gasteiger partial charge in [-0.3, -0.25) is 19.7 Å². The Morgan fingerprint density at radius 2 is 2.04 bits per heavy atom. The average molecular weight is 344 g/mol. The number of aromatic nitrogens is 2. The summed E-state index contributed by atoms with van der Waals surface area (Å²) in [6, 6.07) is 3.86. The van der Waals surface area contributed by atoms with Gasteiger partial charge in [-0.2, -0.15) is 18.3 Å². The maximum atomic E-state index is 12.9. The zero-order valence-electron chi connectivity index (χ0n) is 12.9. The molecule has 0 fully saturated rings. The van der Waals surface area contributed by atoms with Crippen LogP contribution in [0.15, 0.2) is 24.4 Å². The van der Waals surface area contributed by atoms with E-state index >= 15 is 0 Å². The lowest BCUT2D eigenvalue weighted by atomic mass is 10.1. The van der Waals surface area contributed by atoms with Crippen LogP contribution in [0.25, 0.3) is 0 Å². The molecule has 0 spiro atoms. The molecule has 0 saturated carbocycles. The Morgan fingerprint density at radius 1 is 1.38 bits per heavy atom. The van der Waals surface area contributed by atoms with Crippen LogP contribution in [0, 0.1) is 10.1 Å². The average Bonchev–Trinajstić information content (AvgIpc) is 2.81. The van der Waals surface area contributed by atoms with Crippen LogP contribution < -0.4 is 0 Å². The van der Waals surface area contributed by atoms with Gasteiger partial charge in [0.25, 0.3) is 0 Å². The Hall–Kier alpha value is -2.62. The lowest BCUT2D eigenvalue weighted by Gasteiger charge is -2.17. The summed E-state index contributed by atoms with van der Waals surface area (Å²) in [5.41, 5.74) is -0.882. The maximum Gasteiger partial charge on any atom is 0.435 e. The highest BCUT2D eigenvalue weighted by molar-refractivity contribution is 5.47. The van der Waals surface area contributed by atoms with Crippen molar-refractivity contribution in [2.75, 3.05) is 7.05 Å². The Balaban J connectivity index is 2.16. The first kappa shape index (κ1) is 17.7. The first-order valence-corrected chi connectivity index (χ1v) is 6.82. The van der Waals surface area contributed by atoms with Gasteiger partial charge in [-0.1, -0.05) is 6.07 Å². The van der Waals surface area contributed by atoms with Gasteiger partial charge in [0.2, 0.25) is 0 Å². The normalized spacial score (nSPS) is 11.9. The number of rotatable bonds is 5. The largest absolute Gasteiger partial charge is 0.502 e. The summed E-state index contributed by atoms with van der Waals surface area (Å²) >= 11 is 0. The molecule has 7 nitrogen and oxygen atoms in total. The predicted octanol–water partition coefficient (Wildman–Crippen LogP) is 2.68. The minimum absolute atomic E-state index is 0.0146. The molecule has 2 rings (SSSR count). The van der Waals surface area contributed by atoms with Gasteiger partial charge in [0.05, 0.1) is 4.92 Å². The van der Waals surface area contributed by atoms with E-state index in [2.05, 4.69) is 5.10 Å². The second-order valence-corrected chi connectivity index (χ2v) is 5.43. The van der Waals surface area contributed by atoms with E-state index < -0.39 is 28.2 Å². The molecule has 2 aromatic rings. The van der Waals surface area contributed by atoms with Crippen molar-refractivity contribution < 1.29 is 23.2 Å². The fourth-order valence-electron chi connectivity index (χ4n) is 2.36. The molecule has 0 aliphatic heterocycles. The number of hydrogen-bond acceptors (Lipinski definition) is 5. The highest BCUT2D eigenvalue weighted by Crippen LogP contribution is 2.31. The lowest BCUT2D eigenvalue weighted by molar-refractivity contribution is -0.385. The van der Waals surface area contributed by atoms with Crippen molar-refractivity contribution in [2.24, 2.45) is 7.05 Å². The van der Waals surface area contributed by atoms with Crippen molar-refractivity contribution >= 4 is 5.69 Å². The zero-order chi connectivity index (χ0) is 18.1. The minimum atomic E-state index is -4.55. The van der Waals surface area contributed by atoms with Crippen LogP contribution in [0.5, 0.6) is 5.75 Å².